The molecule has 1 atom stereocenters. The zero-order valence-corrected chi connectivity index (χ0v) is 8.00. The van der Waals surface area contributed by atoms with Crippen molar-refractivity contribution in [2.45, 2.75) is 32.3 Å². The molecule has 3 aliphatic heterocycles. The van der Waals surface area contributed by atoms with Gasteiger partial charge in [0.2, 0.25) is 0 Å². The van der Waals surface area contributed by atoms with Crippen molar-refractivity contribution in [2.24, 2.45) is 5.92 Å². The Balaban J connectivity index is 2.05. The molecule has 0 aromatic heterocycles. The van der Waals surface area contributed by atoms with Gasteiger partial charge in [-0.25, -0.2) is 0 Å². The third-order valence-electron chi connectivity index (χ3n) is 3.76. The van der Waals surface area contributed by atoms with Crippen LogP contribution in [-0.2, 0) is 0 Å². The average Bonchev–Trinajstić information content (AvgIpc) is 2.05. The Bertz CT molecular complexity index is 156. The topological polar surface area (TPSA) is 20.2 Å². The first-order valence-corrected chi connectivity index (χ1v) is 5.29. The van der Waals surface area contributed by atoms with Gasteiger partial charge in [0.15, 0.2) is 0 Å². The zero-order chi connectivity index (χ0) is 8.60. The van der Waals surface area contributed by atoms with Crippen LogP contribution in [0.25, 0.3) is 0 Å². The van der Waals surface area contributed by atoms with Gasteiger partial charge in [0.25, 0.3) is 0 Å². The predicted molar refractivity (Wildman–Crippen MR) is 48.8 cm³/mol. The fourth-order valence-corrected chi connectivity index (χ4v) is 3.04. The van der Waals surface area contributed by atoms with E-state index in [1.54, 1.807) is 0 Å². The van der Waals surface area contributed by atoms with Crippen molar-refractivity contribution in [2.75, 3.05) is 26.2 Å². The number of rotatable bonds is 2. The molecule has 0 saturated carbocycles. The Morgan fingerprint density at radius 1 is 1.33 bits per heavy atom. The fourth-order valence-electron chi connectivity index (χ4n) is 3.04. The Morgan fingerprint density at radius 2 is 2.00 bits per heavy atom. The van der Waals surface area contributed by atoms with E-state index in [0.717, 1.165) is 6.54 Å². The van der Waals surface area contributed by atoms with E-state index >= 15 is 0 Å². The lowest BCUT2D eigenvalue weighted by Crippen LogP contribution is -2.63. The molecule has 0 aromatic rings. The number of fused-ring (bicyclic) bond motifs is 3. The van der Waals surface area contributed by atoms with Crippen LogP contribution < -0.4 is 0 Å². The van der Waals surface area contributed by atoms with Crippen LogP contribution in [0.3, 0.4) is 0 Å². The van der Waals surface area contributed by atoms with Crippen molar-refractivity contribution < 1.29 is 9.59 Å². The number of hydrogen-bond acceptors (Lipinski definition) is 1. The van der Waals surface area contributed by atoms with E-state index in [1.807, 2.05) is 0 Å². The van der Waals surface area contributed by atoms with Gasteiger partial charge in [-0.2, -0.15) is 0 Å². The summed E-state index contributed by atoms with van der Waals surface area (Å²) in [6.45, 7) is 7.23. The monoisotopic (exact) mass is 170 g/mol. The molecule has 0 aromatic carbocycles. The second-order valence-corrected chi connectivity index (χ2v) is 4.60. The van der Waals surface area contributed by atoms with Crippen molar-refractivity contribution in [1.82, 2.24) is 0 Å². The maximum atomic E-state index is 9.78. The molecule has 3 heterocycles. The number of hydrogen-bond donors (Lipinski definition) is 1. The predicted octanol–water partition coefficient (Wildman–Crippen LogP) is 0.998. The number of quaternary nitrogens is 1. The van der Waals surface area contributed by atoms with Gasteiger partial charge in [0, 0.05) is 18.8 Å². The highest BCUT2D eigenvalue weighted by molar-refractivity contribution is 4.79. The van der Waals surface area contributed by atoms with Crippen molar-refractivity contribution >= 4 is 0 Å². The lowest BCUT2D eigenvalue weighted by molar-refractivity contribution is -0.946. The summed E-state index contributed by atoms with van der Waals surface area (Å²) >= 11 is 0. The second kappa shape index (κ2) is 3.00. The van der Waals surface area contributed by atoms with Crippen LogP contribution in [0.4, 0.5) is 0 Å². The van der Waals surface area contributed by atoms with Crippen molar-refractivity contribution in [3.8, 4) is 0 Å². The molecule has 0 amide bonds. The lowest BCUT2D eigenvalue weighted by Gasteiger charge is -2.51. The SMILES string of the molecule is CCC[N+]12CCC(CC1)C(O)C2. The van der Waals surface area contributed by atoms with Gasteiger partial charge in [0.05, 0.1) is 19.6 Å². The van der Waals surface area contributed by atoms with E-state index < -0.39 is 0 Å². The third kappa shape index (κ3) is 1.27. The molecular weight excluding hydrogens is 150 g/mol. The maximum Gasteiger partial charge on any atom is 0.106 e. The first-order valence-electron chi connectivity index (χ1n) is 5.29. The van der Waals surface area contributed by atoms with Crippen molar-refractivity contribution in [3.05, 3.63) is 0 Å². The molecule has 3 saturated heterocycles. The molecule has 3 rings (SSSR count). The number of aliphatic hydroxyl groups is 1. The van der Waals surface area contributed by atoms with Gasteiger partial charge in [-0.3, -0.25) is 0 Å². The van der Waals surface area contributed by atoms with Crippen LogP contribution >= 0.6 is 0 Å². The van der Waals surface area contributed by atoms with Gasteiger partial charge >= 0.3 is 0 Å². The highest BCUT2D eigenvalue weighted by Gasteiger charge is 2.44. The van der Waals surface area contributed by atoms with Crippen molar-refractivity contribution in [1.29, 1.82) is 0 Å². The Hall–Kier alpha value is -0.0800. The highest BCUT2D eigenvalue weighted by Crippen LogP contribution is 2.33. The van der Waals surface area contributed by atoms with Crippen LogP contribution in [0.1, 0.15) is 26.2 Å². The van der Waals surface area contributed by atoms with Gasteiger partial charge in [-0.1, -0.05) is 6.92 Å². The number of aliphatic hydroxyl groups excluding tert-OH is 1. The second-order valence-electron chi connectivity index (χ2n) is 4.60. The molecule has 0 radical (unpaired) electrons. The summed E-state index contributed by atoms with van der Waals surface area (Å²) in [7, 11) is 0. The van der Waals surface area contributed by atoms with E-state index in [2.05, 4.69) is 6.92 Å². The van der Waals surface area contributed by atoms with Crippen LogP contribution in [0.5, 0.6) is 0 Å². The summed E-state index contributed by atoms with van der Waals surface area (Å²) in [5.41, 5.74) is 0. The van der Waals surface area contributed by atoms with Gasteiger partial charge in [0.1, 0.15) is 12.6 Å². The molecule has 2 heteroatoms. The summed E-state index contributed by atoms with van der Waals surface area (Å²) in [6.07, 6.45) is 3.80. The third-order valence-corrected chi connectivity index (χ3v) is 3.76. The number of piperidine rings is 3. The molecule has 3 fully saturated rings. The normalized spacial score (nSPS) is 46.5. The largest absolute Gasteiger partial charge is 0.387 e. The first-order chi connectivity index (χ1) is 5.76. The summed E-state index contributed by atoms with van der Waals surface area (Å²) in [6, 6.07) is 0. The van der Waals surface area contributed by atoms with E-state index in [0.29, 0.717) is 5.92 Å². The van der Waals surface area contributed by atoms with E-state index in [4.69, 9.17) is 0 Å². The molecule has 70 valence electrons. The van der Waals surface area contributed by atoms with Crippen LogP contribution in [0.2, 0.25) is 0 Å². The van der Waals surface area contributed by atoms with Gasteiger partial charge < -0.3 is 9.59 Å². The molecule has 12 heavy (non-hydrogen) atoms. The van der Waals surface area contributed by atoms with Gasteiger partial charge in [-0.05, 0) is 6.42 Å². The summed E-state index contributed by atoms with van der Waals surface area (Å²) < 4.78 is 1.22. The number of nitrogens with zero attached hydrogens (tertiary/aromatic N) is 1. The molecule has 1 N–H and O–H groups in total. The molecule has 3 aliphatic rings. The highest BCUT2D eigenvalue weighted by atomic mass is 16.3. The smallest absolute Gasteiger partial charge is 0.106 e. The van der Waals surface area contributed by atoms with Crippen LogP contribution in [0.15, 0.2) is 0 Å². The minimum atomic E-state index is 0.0130. The van der Waals surface area contributed by atoms with E-state index in [9.17, 15) is 5.11 Å². The van der Waals surface area contributed by atoms with Crippen molar-refractivity contribution in [3.63, 3.8) is 0 Å². The molecular formula is C10H20NO+. The summed E-state index contributed by atoms with van der Waals surface area (Å²) in [4.78, 5) is 0. The van der Waals surface area contributed by atoms with E-state index in [1.165, 1.54) is 43.4 Å². The van der Waals surface area contributed by atoms with Crippen LogP contribution in [-0.4, -0.2) is 41.9 Å². The van der Waals surface area contributed by atoms with Crippen LogP contribution in [0, 0.1) is 5.92 Å². The molecule has 2 nitrogen and oxygen atoms in total. The Labute approximate surface area is 74.8 Å². The van der Waals surface area contributed by atoms with Gasteiger partial charge in [-0.15, -0.1) is 0 Å². The molecule has 2 bridgehead atoms. The minimum absolute atomic E-state index is 0.0130. The molecule has 0 aliphatic carbocycles. The molecule has 0 spiro atoms. The Morgan fingerprint density at radius 3 is 2.50 bits per heavy atom. The first kappa shape index (κ1) is 8.52. The summed E-state index contributed by atoms with van der Waals surface area (Å²) in [5, 5.41) is 9.78. The maximum absolute atomic E-state index is 9.78. The van der Waals surface area contributed by atoms with E-state index in [-0.39, 0.29) is 6.10 Å². The molecule has 1 unspecified atom stereocenters. The fraction of sp³-hybridized carbons (Fsp3) is 1.00. The lowest BCUT2D eigenvalue weighted by atomic mass is 9.83. The Kier molecular flexibility index (Phi) is 2.13. The quantitative estimate of drug-likeness (QED) is 0.613. The standard InChI is InChI=1S/C10H20NO/c1-2-5-11-6-3-9(4-7-11)10(12)8-11/h9-10,12H,2-8H2,1H3/q+1. The minimum Gasteiger partial charge on any atom is -0.387 e. The average molecular weight is 170 g/mol. The zero-order valence-electron chi connectivity index (χ0n) is 8.00. The summed E-state index contributed by atoms with van der Waals surface area (Å²) in [5.74, 6) is 0.641.